The van der Waals surface area contributed by atoms with Crippen molar-refractivity contribution in [1.29, 1.82) is 0 Å². The number of amides is 2. The topological polar surface area (TPSA) is 63.4 Å². The van der Waals surface area contributed by atoms with Gasteiger partial charge in [-0.25, -0.2) is 0 Å². The number of nitrogens with zero attached hydrogens (tertiary/aromatic N) is 1. The van der Waals surface area contributed by atoms with Gasteiger partial charge in [0.25, 0.3) is 0 Å². The Morgan fingerprint density at radius 3 is 2.88 bits per heavy atom. The molecule has 1 aliphatic rings. The van der Waals surface area contributed by atoms with Gasteiger partial charge >= 0.3 is 0 Å². The van der Waals surface area contributed by atoms with Crippen molar-refractivity contribution < 1.29 is 9.59 Å². The molecule has 0 aromatic rings. The lowest BCUT2D eigenvalue weighted by Gasteiger charge is -2.36. The summed E-state index contributed by atoms with van der Waals surface area (Å²) in [5.74, 6) is 5.89. The van der Waals surface area contributed by atoms with Crippen molar-refractivity contribution in [3.8, 4) is 11.8 Å². The summed E-state index contributed by atoms with van der Waals surface area (Å²) < 4.78 is 0. The molecule has 17 heavy (non-hydrogen) atoms. The second-order valence-electron chi connectivity index (χ2n) is 4.41. The average Bonchev–Trinajstić information content (AvgIpc) is 2.30. The molecule has 2 N–H and O–H groups in total. The molecule has 1 saturated heterocycles. The number of primary amides is 1. The van der Waals surface area contributed by atoms with E-state index < -0.39 is 11.9 Å². The summed E-state index contributed by atoms with van der Waals surface area (Å²) in [7, 11) is 0. The Balaban J connectivity index is 2.70. The molecule has 0 spiro atoms. The zero-order chi connectivity index (χ0) is 12.8. The van der Waals surface area contributed by atoms with Crippen LogP contribution in [0.15, 0.2) is 0 Å². The second-order valence-corrected chi connectivity index (χ2v) is 4.41. The highest BCUT2D eigenvalue weighted by atomic mass is 16.2. The summed E-state index contributed by atoms with van der Waals surface area (Å²) in [6.45, 7) is 4.29. The van der Waals surface area contributed by atoms with Crippen LogP contribution in [0.5, 0.6) is 0 Å². The highest BCUT2D eigenvalue weighted by Crippen LogP contribution is 2.22. The molecule has 2 amide bonds. The van der Waals surface area contributed by atoms with Crippen LogP contribution in [0.3, 0.4) is 0 Å². The molecule has 0 aromatic carbocycles. The third kappa shape index (κ3) is 3.48. The zero-order valence-electron chi connectivity index (χ0n) is 10.5. The molecule has 0 radical (unpaired) electrons. The van der Waals surface area contributed by atoms with Crippen LogP contribution in [0.25, 0.3) is 0 Å². The predicted molar refractivity (Wildman–Crippen MR) is 65.8 cm³/mol. The molecule has 4 nitrogen and oxygen atoms in total. The van der Waals surface area contributed by atoms with E-state index in [0.717, 1.165) is 12.8 Å². The molecule has 4 heteroatoms. The van der Waals surface area contributed by atoms with Gasteiger partial charge in [0.2, 0.25) is 11.8 Å². The molecule has 0 bridgehead atoms. The highest BCUT2D eigenvalue weighted by molar-refractivity contribution is 5.87. The number of piperidine rings is 1. The minimum Gasteiger partial charge on any atom is -0.368 e. The summed E-state index contributed by atoms with van der Waals surface area (Å²) in [5.41, 5.74) is 5.33. The summed E-state index contributed by atoms with van der Waals surface area (Å²) in [5, 5.41) is 0. The first-order valence-corrected chi connectivity index (χ1v) is 6.08. The number of carbonyl (C=O) groups excluding carboxylic acids is 2. The van der Waals surface area contributed by atoms with Crippen molar-refractivity contribution in [2.75, 3.05) is 6.54 Å². The van der Waals surface area contributed by atoms with Gasteiger partial charge in [-0.15, -0.1) is 11.8 Å². The van der Waals surface area contributed by atoms with Gasteiger partial charge < -0.3 is 10.6 Å². The van der Waals surface area contributed by atoms with Crippen LogP contribution >= 0.6 is 0 Å². The van der Waals surface area contributed by atoms with Crippen molar-refractivity contribution in [3.63, 3.8) is 0 Å². The number of rotatable bonds is 4. The molecular weight excluding hydrogens is 216 g/mol. The maximum absolute atomic E-state index is 11.8. The van der Waals surface area contributed by atoms with E-state index in [9.17, 15) is 9.59 Å². The van der Waals surface area contributed by atoms with Crippen LogP contribution in [0.4, 0.5) is 0 Å². The number of likely N-dealkylation sites (tertiary alicyclic amines) is 1. The van der Waals surface area contributed by atoms with Crippen LogP contribution in [-0.2, 0) is 9.59 Å². The van der Waals surface area contributed by atoms with Gasteiger partial charge in [-0.3, -0.25) is 9.59 Å². The van der Waals surface area contributed by atoms with E-state index in [1.165, 1.54) is 0 Å². The Labute approximate surface area is 103 Å². The van der Waals surface area contributed by atoms with Crippen molar-refractivity contribution in [2.45, 2.75) is 45.6 Å². The van der Waals surface area contributed by atoms with Gasteiger partial charge in [0.1, 0.15) is 6.04 Å². The lowest BCUT2D eigenvalue weighted by Crippen LogP contribution is -2.51. The molecule has 2 unspecified atom stereocenters. The summed E-state index contributed by atoms with van der Waals surface area (Å²) in [6.07, 6.45) is 2.72. The summed E-state index contributed by atoms with van der Waals surface area (Å²) in [6, 6.07) is -0.458. The lowest BCUT2D eigenvalue weighted by atomic mass is 9.93. The van der Waals surface area contributed by atoms with E-state index in [4.69, 9.17) is 5.73 Å². The van der Waals surface area contributed by atoms with E-state index in [2.05, 4.69) is 11.8 Å². The van der Waals surface area contributed by atoms with Crippen LogP contribution in [0.1, 0.15) is 39.5 Å². The second kappa shape index (κ2) is 6.29. The normalized spacial score (nSPS) is 21.6. The summed E-state index contributed by atoms with van der Waals surface area (Å²) in [4.78, 5) is 24.7. The standard InChI is InChI=1S/C13H20N2O2/c1-3-5-6-10-7-8-12(16)15(9-10)11(4-2)13(14)17/h10-11H,4,6-9H2,1-2H3,(H2,14,17). The lowest BCUT2D eigenvalue weighted by molar-refractivity contribution is -0.142. The number of hydrogen-bond acceptors (Lipinski definition) is 2. The van der Waals surface area contributed by atoms with Crippen LogP contribution in [-0.4, -0.2) is 29.3 Å². The number of hydrogen-bond donors (Lipinski definition) is 1. The Kier molecular flexibility index (Phi) is 5.02. The first kappa shape index (κ1) is 13.6. The SMILES string of the molecule is CC#CCC1CCC(=O)N(C(CC)C(N)=O)C1. The van der Waals surface area contributed by atoms with Crippen molar-refractivity contribution in [3.05, 3.63) is 0 Å². The highest BCUT2D eigenvalue weighted by Gasteiger charge is 2.32. The maximum Gasteiger partial charge on any atom is 0.240 e. The van der Waals surface area contributed by atoms with Crippen molar-refractivity contribution in [2.24, 2.45) is 11.7 Å². The Hall–Kier alpha value is -1.50. The minimum atomic E-state index is -0.458. The largest absolute Gasteiger partial charge is 0.368 e. The van der Waals surface area contributed by atoms with Gasteiger partial charge in [0.05, 0.1) is 0 Å². The first-order valence-electron chi connectivity index (χ1n) is 6.08. The first-order chi connectivity index (χ1) is 8.10. The maximum atomic E-state index is 11.8. The predicted octanol–water partition coefficient (Wildman–Crippen LogP) is 0.902. The van der Waals surface area contributed by atoms with Gasteiger partial charge in [-0.05, 0) is 25.7 Å². The fourth-order valence-corrected chi connectivity index (χ4v) is 2.23. The molecule has 1 heterocycles. The van der Waals surface area contributed by atoms with E-state index >= 15 is 0 Å². The molecule has 94 valence electrons. The summed E-state index contributed by atoms with van der Waals surface area (Å²) >= 11 is 0. The molecule has 2 atom stereocenters. The van der Waals surface area contributed by atoms with Crippen molar-refractivity contribution in [1.82, 2.24) is 4.90 Å². The molecule has 1 rings (SSSR count). The van der Waals surface area contributed by atoms with E-state index in [-0.39, 0.29) is 5.91 Å². The molecular formula is C13H20N2O2. The number of carbonyl (C=O) groups is 2. The van der Waals surface area contributed by atoms with E-state index in [0.29, 0.717) is 25.3 Å². The van der Waals surface area contributed by atoms with Crippen LogP contribution in [0, 0.1) is 17.8 Å². The fraction of sp³-hybridized carbons (Fsp3) is 0.692. The quantitative estimate of drug-likeness (QED) is 0.737. The van der Waals surface area contributed by atoms with Crippen LogP contribution in [0.2, 0.25) is 0 Å². The average molecular weight is 236 g/mol. The van der Waals surface area contributed by atoms with E-state index in [1.54, 1.807) is 4.90 Å². The van der Waals surface area contributed by atoms with Crippen LogP contribution < -0.4 is 5.73 Å². The minimum absolute atomic E-state index is 0.0383. The molecule has 0 aromatic heterocycles. The molecule has 0 saturated carbocycles. The zero-order valence-corrected chi connectivity index (χ0v) is 10.5. The van der Waals surface area contributed by atoms with Gasteiger partial charge in [0, 0.05) is 19.4 Å². The smallest absolute Gasteiger partial charge is 0.240 e. The Morgan fingerprint density at radius 2 is 2.35 bits per heavy atom. The molecule has 1 aliphatic heterocycles. The third-order valence-electron chi connectivity index (χ3n) is 3.20. The van der Waals surface area contributed by atoms with Gasteiger partial charge in [-0.1, -0.05) is 6.92 Å². The Morgan fingerprint density at radius 1 is 1.65 bits per heavy atom. The number of nitrogens with two attached hydrogens (primary N) is 1. The van der Waals surface area contributed by atoms with E-state index in [1.807, 2.05) is 13.8 Å². The van der Waals surface area contributed by atoms with Gasteiger partial charge in [0.15, 0.2) is 0 Å². The fourth-order valence-electron chi connectivity index (χ4n) is 2.23. The Bertz CT molecular complexity index is 354. The molecule has 1 fully saturated rings. The monoisotopic (exact) mass is 236 g/mol. The van der Waals surface area contributed by atoms with Gasteiger partial charge in [-0.2, -0.15) is 0 Å². The molecule has 0 aliphatic carbocycles. The third-order valence-corrected chi connectivity index (χ3v) is 3.20. The van der Waals surface area contributed by atoms with Crippen molar-refractivity contribution >= 4 is 11.8 Å².